The van der Waals surface area contributed by atoms with Gasteiger partial charge < -0.3 is 10.1 Å². The summed E-state index contributed by atoms with van der Waals surface area (Å²) in [5.41, 5.74) is 1.13. The minimum absolute atomic E-state index is 0.0704. The minimum Gasteiger partial charge on any atom is -0.356 e. The number of benzene rings is 1. The normalized spacial score (nSPS) is 16.1. The summed E-state index contributed by atoms with van der Waals surface area (Å²) in [6.07, 6.45) is 4.71. The van der Waals surface area contributed by atoms with Crippen molar-refractivity contribution in [3.05, 3.63) is 60.4 Å². The summed E-state index contributed by atoms with van der Waals surface area (Å²) >= 11 is 0. The van der Waals surface area contributed by atoms with E-state index in [0.717, 1.165) is 12.8 Å². The molecule has 1 aliphatic heterocycles. The van der Waals surface area contributed by atoms with Crippen molar-refractivity contribution >= 4 is 11.6 Å². The summed E-state index contributed by atoms with van der Waals surface area (Å²) < 4.78 is 51.5. The Balaban J connectivity index is 1.39. The molecule has 4 aromatic rings. The van der Waals surface area contributed by atoms with Crippen LogP contribution in [0, 0.1) is 17.7 Å². The third kappa shape index (κ3) is 4.26. The van der Waals surface area contributed by atoms with Gasteiger partial charge in [-0.25, -0.2) is 18.7 Å². The summed E-state index contributed by atoms with van der Waals surface area (Å²) in [6.45, 7) is 2.93. The molecule has 0 saturated carbocycles. The second kappa shape index (κ2) is 9.26. The highest BCUT2D eigenvalue weighted by atomic mass is 19.1. The lowest BCUT2D eigenvalue weighted by molar-refractivity contribution is -0.0458. The number of aryl methyl sites for hydroxylation is 1. The van der Waals surface area contributed by atoms with Crippen molar-refractivity contribution in [2.24, 2.45) is 0 Å². The molecule has 0 spiro atoms. The van der Waals surface area contributed by atoms with Gasteiger partial charge in [-0.15, -0.1) is 5.10 Å². The van der Waals surface area contributed by atoms with E-state index in [1.807, 2.05) is 6.92 Å². The first-order valence-corrected chi connectivity index (χ1v) is 11.0. The van der Waals surface area contributed by atoms with Crippen molar-refractivity contribution in [3.63, 3.8) is 0 Å². The van der Waals surface area contributed by atoms with Crippen LogP contribution in [0.1, 0.15) is 32.4 Å². The maximum atomic E-state index is 15.0. The number of hydrogen-bond donors (Lipinski definition) is 1. The maximum absolute atomic E-state index is 15.0. The molecule has 0 aliphatic carbocycles. The number of aromatic nitrogens is 6. The molecule has 34 heavy (non-hydrogen) atoms. The minimum atomic E-state index is -0.630. The zero-order valence-electron chi connectivity index (χ0n) is 18.4. The van der Waals surface area contributed by atoms with E-state index in [4.69, 9.17) is 4.74 Å². The van der Waals surface area contributed by atoms with Gasteiger partial charge in [0.2, 0.25) is 17.8 Å². The Morgan fingerprint density at radius 2 is 1.97 bits per heavy atom. The molecule has 8 nitrogen and oxygen atoms in total. The van der Waals surface area contributed by atoms with Crippen LogP contribution in [-0.4, -0.2) is 36.1 Å². The van der Waals surface area contributed by atoms with Crippen molar-refractivity contribution < 1.29 is 17.9 Å². The lowest BCUT2D eigenvalue weighted by Crippen LogP contribution is -2.20. The van der Waals surface area contributed by atoms with Gasteiger partial charge in [0.15, 0.2) is 12.1 Å². The van der Waals surface area contributed by atoms with E-state index >= 15 is 4.39 Å². The van der Waals surface area contributed by atoms with Crippen LogP contribution in [0.25, 0.3) is 22.5 Å². The lowest BCUT2D eigenvalue weighted by Gasteiger charge is -2.22. The van der Waals surface area contributed by atoms with Gasteiger partial charge in [-0.1, -0.05) is 0 Å². The van der Waals surface area contributed by atoms with Crippen molar-refractivity contribution in [2.75, 3.05) is 11.9 Å². The Labute approximate surface area is 193 Å². The Bertz CT molecular complexity index is 1300. The van der Waals surface area contributed by atoms with E-state index in [0.29, 0.717) is 42.6 Å². The molecule has 0 amide bonds. The molecule has 176 valence electrons. The standard InChI is InChI=1S/C23H22F3N7O/c1-2-32-23(30-22(31-32)14-6-9-19(25)27-12-14)29-15-7-8-16(18(24)11-15)17-13-28-33(21(17)26)20-5-3-4-10-34-20/h6-9,11-13,20H,2-5,10H2,1H3,(H,29,30,31). The molecular weight excluding hydrogens is 447 g/mol. The summed E-state index contributed by atoms with van der Waals surface area (Å²) in [6, 6.07) is 7.13. The van der Waals surface area contributed by atoms with Crippen molar-refractivity contribution in [1.82, 2.24) is 29.5 Å². The summed E-state index contributed by atoms with van der Waals surface area (Å²) in [5.74, 6) is -1.11. The van der Waals surface area contributed by atoms with Crippen LogP contribution in [0.3, 0.4) is 0 Å². The van der Waals surface area contributed by atoms with Gasteiger partial charge in [-0.2, -0.15) is 18.9 Å². The number of nitrogens with zero attached hydrogens (tertiary/aromatic N) is 6. The number of halogens is 3. The van der Waals surface area contributed by atoms with Crippen LogP contribution in [0.2, 0.25) is 0 Å². The van der Waals surface area contributed by atoms with Gasteiger partial charge in [0, 0.05) is 36.2 Å². The number of pyridine rings is 1. The second-order valence-corrected chi connectivity index (χ2v) is 7.88. The van der Waals surface area contributed by atoms with Gasteiger partial charge in [-0.05, 0) is 56.5 Å². The van der Waals surface area contributed by atoms with Gasteiger partial charge in [0.05, 0.1) is 11.8 Å². The molecule has 1 aromatic carbocycles. The molecule has 0 radical (unpaired) electrons. The summed E-state index contributed by atoms with van der Waals surface area (Å²) in [7, 11) is 0. The number of anilines is 2. The first kappa shape index (κ1) is 22.1. The molecule has 1 atom stereocenters. The largest absolute Gasteiger partial charge is 0.356 e. The topological polar surface area (TPSA) is 82.7 Å². The van der Waals surface area contributed by atoms with Gasteiger partial charge >= 0.3 is 0 Å². The molecule has 4 heterocycles. The number of ether oxygens (including phenoxy) is 1. The van der Waals surface area contributed by atoms with Crippen LogP contribution in [-0.2, 0) is 11.3 Å². The SMILES string of the molecule is CCn1nc(-c2ccc(F)nc2)nc1Nc1ccc(-c2cnn(C3CCCCO3)c2F)c(F)c1. The van der Waals surface area contributed by atoms with Crippen molar-refractivity contribution in [2.45, 2.75) is 39.0 Å². The van der Waals surface area contributed by atoms with E-state index < -0.39 is 23.9 Å². The van der Waals surface area contributed by atoms with E-state index in [1.165, 1.54) is 41.3 Å². The first-order chi connectivity index (χ1) is 16.5. The van der Waals surface area contributed by atoms with E-state index in [-0.39, 0.29) is 11.1 Å². The quantitative estimate of drug-likeness (QED) is 0.397. The fraction of sp³-hybridized carbons (Fsp3) is 0.304. The molecule has 0 bridgehead atoms. The Hall–Kier alpha value is -3.73. The summed E-state index contributed by atoms with van der Waals surface area (Å²) in [5, 5.41) is 11.5. The van der Waals surface area contributed by atoms with Crippen LogP contribution in [0.4, 0.5) is 24.8 Å². The third-order valence-electron chi connectivity index (χ3n) is 5.64. The fourth-order valence-corrected chi connectivity index (χ4v) is 3.87. The summed E-state index contributed by atoms with van der Waals surface area (Å²) in [4.78, 5) is 8.05. The van der Waals surface area contributed by atoms with Crippen LogP contribution in [0.5, 0.6) is 0 Å². The predicted octanol–water partition coefficient (Wildman–Crippen LogP) is 5.08. The molecule has 1 N–H and O–H groups in total. The van der Waals surface area contributed by atoms with Crippen molar-refractivity contribution in [3.8, 4) is 22.5 Å². The van der Waals surface area contributed by atoms with Crippen LogP contribution < -0.4 is 5.32 Å². The van der Waals surface area contributed by atoms with Gasteiger partial charge in [0.1, 0.15) is 5.82 Å². The molecule has 1 fully saturated rings. The third-order valence-corrected chi connectivity index (χ3v) is 5.64. The van der Waals surface area contributed by atoms with E-state index in [2.05, 4.69) is 25.5 Å². The smallest absolute Gasteiger partial charge is 0.226 e. The molecule has 5 rings (SSSR count). The monoisotopic (exact) mass is 469 g/mol. The predicted molar refractivity (Wildman–Crippen MR) is 119 cm³/mol. The van der Waals surface area contributed by atoms with E-state index in [9.17, 15) is 8.78 Å². The highest BCUT2D eigenvalue weighted by Crippen LogP contribution is 2.31. The van der Waals surface area contributed by atoms with Crippen LogP contribution >= 0.6 is 0 Å². The van der Waals surface area contributed by atoms with Crippen molar-refractivity contribution in [1.29, 1.82) is 0 Å². The highest BCUT2D eigenvalue weighted by Gasteiger charge is 2.23. The Morgan fingerprint density at radius 3 is 2.68 bits per heavy atom. The Morgan fingerprint density at radius 1 is 1.09 bits per heavy atom. The van der Waals surface area contributed by atoms with E-state index in [1.54, 1.807) is 10.7 Å². The molecule has 1 saturated heterocycles. The van der Waals surface area contributed by atoms with Crippen LogP contribution in [0.15, 0.2) is 42.7 Å². The zero-order chi connectivity index (χ0) is 23.7. The van der Waals surface area contributed by atoms with Gasteiger partial charge in [0.25, 0.3) is 0 Å². The molecule has 3 aromatic heterocycles. The number of hydrogen-bond acceptors (Lipinski definition) is 6. The number of nitrogens with one attached hydrogen (secondary N) is 1. The highest BCUT2D eigenvalue weighted by molar-refractivity contribution is 5.68. The molecular formula is C23H22F3N7O. The zero-order valence-corrected chi connectivity index (χ0v) is 18.4. The Kier molecular flexibility index (Phi) is 6.01. The first-order valence-electron chi connectivity index (χ1n) is 11.0. The molecule has 1 unspecified atom stereocenters. The average Bonchev–Trinajstić information content (AvgIpc) is 3.43. The fourth-order valence-electron chi connectivity index (χ4n) is 3.87. The number of rotatable bonds is 6. The average molecular weight is 469 g/mol. The molecule has 1 aliphatic rings. The maximum Gasteiger partial charge on any atom is 0.226 e. The lowest BCUT2D eigenvalue weighted by atomic mass is 10.1. The second-order valence-electron chi connectivity index (χ2n) is 7.88. The molecule has 11 heteroatoms. The van der Waals surface area contributed by atoms with Gasteiger partial charge in [-0.3, -0.25) is 0 Å².